The van der Waals surface area contributed by atoms with Crippen LogP contribution >= 0.6 is 0 Å². The molecule has 0 aromatic heterocycles. The molecule has 3 N–H and O–H groups in total. The molecule has 0 heterocycles. The molecule has 0 saturated carbocycles. The molecule has 72 valence electrons. The zero-order valence-corrected chi connectivity index (χ0v) is 7.91. The zero-order chi connectivity index (χ0) is 9.84. The number of benzene rings is 1. The van der Waals surface area contributed by atoms with E-state index in [0.717, 1.165) is 5.56 Å². The molecule has 3 heteroatoms. The SMILES string of the molecule is CC(C)NCc1ccc(O)cc1O. The summed E-state index contributed by atoms with van der Waals surface area (Å²) in [7, 11) is 0. The number of rotatable bonds is 3. The summed E-state index contributed by atoms with van der Waals surface area (Å²) in [6.07, 6.45) is 0. The lowest BCUT2D eigenvalue weighted by Crippen LogP contribution is -2.21. The van der Waals surface area contributed by atoms with Gasteiger partial charge in [0.1, 0.15) is 11.5 Å². The Morgan fingerprint density at radius 3 is 2.54 bits per heavy atom. The third-order valence-electron chi connectivity index (χ3n) is 1.77. The van der Waals surface area contributed by atoms with Crippen LogP contribution in [0.25, 0.3) is 0 Å². The molecule has 0 spiro atoms. The quantitative estimate of drug-likeness (QED) is 0.663. The largest absolute Gasteiger partial charge is 0.508 e. The lowest BCUT2D eigenvalue weighted by molar-refractivity contribution is 0.442. The first-order valence-electron chi connectivity index (χ1n) is 4.34. The fourth-order valence-electron chi connectivity index (χ4n) is 1.02. The van der Waals surface area contributed by atoms with E-state index in [2.05, 4.69) is 5.32 Å². The van der Waals surface area contributed by atoms with E-state index >= 15 is 0 Å². The Hall–Kier alpha value is -1.22. The second-order valence-electron chi connectivity index (χ2n) is 3.35. The maximum Gasteiger partial charge on any atom is 0.123 e. The minimum absolute atomic E-state index is 0.0887. The van der Waals surface area contributed by atoms with Crippen LogP contribution in [0, 0.1) is 0 Å². The Kier molecular flexibility index (Phi) is 3.14. The van der Waals surface area contributed by atoms with E-state index in [-0.39, 0.29) is 11.5 Å². The van der Waals surface area contributed by atoms with E-state index in [9.17, 15) is 5.11 Å². The predicted octanol–water partition coefficient (Wildman–Crippen LogP) is 1.60. The van der Waals surface area contributed by atoms with Gasteiger partial charge in [-0.15, -0.1) is 0 Å². The molecule has 1 rings (SSSR count). The standard InChI is InChI=1S/C10H15NO2/c1-7(2)11-6-8-3-4-9(12)5-10(8)13/h3-5,7,11-13H,6H2,1-2H3. The second kappa shape index (κ2) is 4.14. The summed E-state index contributed by atoms with van der Waals surface area (Å²) in [6.45, 7) is 4.69. The smallest absolute Gasteiger partial charge is 0.123 e. The Bertz CT molecular complexity index is 284. The molecular formula is C10H15NO2. The van der Waals surface area contributed by atoms with Gasteiger partial charge in [-0.3, -0.25) is 0 Å². The molecule has 0 bridgehead atoms. The monoisotopic (exact) mass is 181 g/mol. The lowest BCUT2D eigenvalue weighted by Gasteiger charge is -2.09. The molecule has 0 saturated heterocycles. The number of hydrogen-bond acceptors (Lipinski definition) is 3. The average molecular weight is 181 g/mol. The molecule has 0 radical (unpaired) electrons. The Balaban J connectivity index is 2.67. The number of hydrogen-bond donors (Lipinski definition) is 3. The van der Waals surface area contributed by atoms with Crippen LogP contribution in [-0.2, 0) is 6.54 Å². The average Bonchev–Trinajstić information content (AvgIpc) is 2.02. The third kappa shape index (κ3) is 2.95. The van der Waals surface area contributed by atoms with Crippen molar-refractivity contribution in [1.29, 1.82) is 0 Å². The van der Waals surface area contributed by atoms with Crippen molar-refractivity contribution >= 4 is 0 Å². The van der Waals surface area contributed by atoms with Crippen LogP contribution in [0.2, 0.25) is 0 Å². The minimum atomic E-state index is 0.0887. The van der Waals surface area contributed by atoms with Crippen LogP contribution < -0.4 is 5.32 Å². The summed E-state index contributed by atoms with van der Waals surface area (Å²) in [4.78, 5) is 0. The summed E-state index contributed by atoms with van der Waals surface area (Å²) < 4.78 is 0. The molecule has 0 atom stereocenters. The van der Waals surface area contributed by atoms with Crippen molar-refractivity contribution in [3.05, 3.63) is 23.8 Å². The highest BCUT2D eigenvalue weighted by Gasteiger charge is 2.02. The van der Waals surface area contributed by atoms with Crippen molar-refractivity contribution in [1.82, 2.24) is 5.32 Å². The van der Waals surface area contributed by atoms with Crippen molar-refractivity contribution in [3.63, 3.8) is 0 Å². The van der Waals surface area contributed by atoms with E-state index in [1.165, 1.54) is 6.07 Å². The van der Waals surface area contributed by atoms with Gasteiger partial charge < -0.3 is 15.5 Å². The van der Waals surface area contributed by atoms with E-state index in [1.807, 2.05) is 13.8 Å². The van der Waals surface area contributed by atoms with Crippen LogP contribution in [-0.4, -0.2) is 16.3 Å². The predicted molar refractivity (Wildman–Crippen MR) is 51.7 cm³/mol. The minimum Gasteiger partial charge on any atom is -0.508 e. The highest BCUT2D eigenvalue weighted by molar-refractivity contribution is 5.38. The van der Waals surface area contributed by atoms with E-state index in [0.29, 0.717) is 12.6 Å². The topological polar surface area (TPSA) is 52.5 Å². The Labute approximate surface area is 78.0 Å². The zero-order valence-electron chi connectivity index (χ0n) is 7.91. The third-order valence-corrected chi connectivity index (χ3v) is 1.77. The Morgan fingerprint density at radius 1 is 1.31 bits per heavy atom. The highest BCUT2D eigenvalue weighted by Crippen LogP contribution is 2.22. The van der Waals surface area contributed by atoms with E-state index in [1.54, 1.807) is 12.1 Å². The van der Waals surface area contributed by atoms with Crippen LogP contribution in [0.3, 0.4) is 0 Å². The van der Waals surface area contributed by atoms with Gasteiger partial charge in [0, 0.05) is 24.2 Å². The van der Waals surface area contributed by atoms with E-state index in [4.69, 9.17) is 5.11 Å². The van der Waals surface area contributed by atoms with Crippen molar-refractivity contribution < 1.29 is 10.2 Å². The van der Waals surface area contributed by atoms with Crippen molar-refractivity contribution in [2.45, 2.75) is 26.4 Å². The molecule has 3 nitrogen and oxygen atoms in total. The van der Waals surface area contributed by atoms with Gasteiger partial charge in [0.05, 0.1) is 0 Å². The van der Waals surface area contributed by atoms with Crippen molar-refractivity contribution in [3.8, 4) is 11.5 Å². The molecule has 13 heavy (non-hydrogen) atoms. The van der Waals surface area contributed by atoms with Crippen molar-refractivity contribution in [2.75, 3.05) is 0 Å². The first-order valence-corrected chi connectivity index (χ1v) is 4.34. The van der Waals surface area contributed by atoms with Crippen LogP contribution in [0.1, 0.15) is 19.4 Å². The van der Waals surface area contributed by atoms with Gasteiger partial charge in [-0.1, -0.05) is 19.9 Å². The molecule has 0 aliphatic carbocycles. The number of phenolic OH excluding ortho intramolecular Hbond substituents is 2. The number of aromatic hydroxyl groups is 2. The molecule has 1 aromatic rings. The molecular weight excluding hydrogens is 166 g/mol. The molecule has 1 aromatic carbocycles. The summed E-state index contributed by atoms with van der Waals surface area (Å²) in [6, 6.07) is 5.00. The molecule has 0 aliphatic heterocycles. The number of phenols is 2. The highest BCUT2D eigenvalue weighted by atomic mass is 16.3. The number of nitrogens with one attached hydrogen (secondary N) is 1. The summed E-state index contributed by atoms with van der Waals surface area (Å²) in [5.74, 6) is 0.221. The normalized spacial score (nSPS) is 10.7. The van der Waals surface area contributed by atoms with Gasteiger partial charge in [0.2, 0.25) is 0 Å². The molecule has 0 aliphatic rings. The van der Waals surface area contributed by atoms with Gasteiger partial charge in [0.25, 0.3) is 0 Å². The maximum absolute atomic E-state index is 9.40. The Morgan fingerprint density at radius 2 is 2.00 bits per heavy atom. The molecule has 0 unspecified atom stereocenters. The van der Waals surface area contributed by atoms with Crippen LogP contribution in [0.15, 0.2) is 18.2 Å². The van der Waals surface area contributed by atoms with Gasteiger partial charge in [-0.2, -0.15) is 0 Å². The first kappa shape index (κ1) is 9.86. The van der Waals surface area contributed by atoms with Gasteiger partial charge >= 0.3 is 0 Å². The second-order valence-corrected chi connectivity index (χ2v) is 3.35. The van der Waals surface area contributed by atoms with E-state index < -0.39 is 0 Å². The first-order chi connectivity index (χ1) is 6.09. The summed E-state index contributed by atoms with van der Waals surface area (Å²) in [5, 5.41) is 21.6. The fourth-order valence-corrected chi connectivity index (χ4v) is 1.02. The lowest BCUT2D eigenvalue weighted by atomic mass is 10.2. The molecule has 0 fully saturated rings. The fraction of sp³-hybridized carbons (Fsp3) is 0.400. The van der Waals surface area contributed by atoms with Gasteiger partial charge in [0.15, 0.2) is 0 Å². The van der Waals surface area contributed by atoms with Crippen molar-refractivity contribution in [2.24, 2.45) is 0 Å². The van der Waals surface area contributed by atoms with Gasteiger partial charge in [-0.05, 0) is 6.07 Å². The summed E-state index contributed by atoms with van der Waals surface area (Å²) >= 11 is 0. The summed E-state index contributed by atoms with van der Waals surface area (Å²) in [5.41, 5.74) is 0.798. The molecule has 0 amide bonds. The van der Waals surface area contributed by atoms with Crippen LogP contribution in [0.5, 0.6) is 11.5 Å². The maximum atomic E-state index is 9.40. The van der Waals surface area contributed by atoms with Gasteiger partial charge in [-0.25, -0.2) is 0 Å². The van der Waals surface area contributed by atoms with Crippen LogP contribution in [0.4, 0.5) is 0 Å².